The molecule has 1 aromatic heterocycles. The van der Waals surface area contributed by atoms with E-state index >= 15 is 0 Å². The van der Waals surface area contributed by atoms with Crippen molar-refractivity contribution in [3.05, 3.63) is 23.7 Å². The highest BCUT2D eigenvalue weighted by molar-refractivity contribution is 7.90. The molecule has 6 nitrogen and oxygen atoms in total. The predicted molar refractivity (Wildman–Crippen MR) is 61.5 cm³/mol. The Labute approximate surface area is 99.9 Å². The van der Waals surface area contributed by atoms with Gasteiger partial charge >= 0.3 is 5.97 Å². The number of carbonyl (C=O) groups excluding carboxylic acids is 1. The lowest BCUT2D eigenvalue weighted by Crippen LogP contribution is -2.22. The van der Waals surface area contributed by atoms with Gasteiger partial charge in [0.15, 0.2) is 0 Å². The molecule has 0 radical (unpaired) electrons. The van der Waals surface area contributed by atoms with Crippen molar-refractivity contribution in [3.63, 3.8) is 0 Å². The zero-order valence-electron chi connectivity index (χ0n) is 9.73. The van der Waals surface area contributed by atoms with Crippen LogP contribution in [0.2, 0.25) is 0 Å². The summed E-state index contributed by atoms with van der Waals surface area (Å²) in [7, 11) is -1.70. The summed E-state index contributed by atoms with van der Waals surface area (Å²) in [5.41, 5.74) is 0.644. The maximum absolute atomic E-state index is 11.2. The van der Waals surface area contributed by atoms with Crippen LogP contribution in [0.3, 0.4) is 0 Å². The molecule has 1 aromatic rings. The number of methoxy groups -OCH3 is 1. The van der Waals surface area contributed by atoms with Gasteiger partial charge in [-0.3, -0.25) is 0 Å². The number of hydrogen-bond donors (Lipinski definition) is 1. The maximum atomic E-state index is 11.2. The topological polar surface area (TPSA) is 85.6 Å². The lowest BCUT2D eigenvalue weighted by Gasteiger charge is -2.03. The van der Waals surface area contributed by atoms with Gasteiger partial charge in [-0.2, -0.15) is 0 Å². The Morgan fingerprint density at radius 2 is 2.24 bits per heavy atom. The van der Waals surface area contributed by atoms with E-state index in [1.54, 1.807) is 6.07 Å². The zero-order chi connectivity index (χ0) is 12.9. The average molecular weight is 261 g/mol. The molecule has 0 bridgehead atoms. The Balaban J connectivity index is 2.47. The van der Waals surface area contributed by atoms with E-state index in [0.717, 1.165) is 0 Å². The molecular formula is C10H15NO5S. The predicted octanol–water partition coefficient (Wildman–Crippen LogP) is 0.200. The second-order valence-electron chi connectivity index (χ2n) is 3.57. The Kier molecular flexibility index (Phi) is 4.71. The van der Waals surface area contributed by atoms with Gasteiger partial charge in [0.2, 0.25) is 5.76 Å². The van der Waals surface area contributed by atoms with Crippen molar-refractivity contribution >= 4 is 15.8 Å². The largest absolute Gasteiger partial charge is 0.463 e. The molecule has 1 rings (SSSR count). The van der Waals surface area contributed by atoms with E-state index in [4.69, 9.17) is 4.42 Å². The zero-order valence-corrected chi connectivity index (χ0v) is 10.5. The number of esters is 1. The van der Waals surface area contributed by atoms with Crippen molar-refractivity contribution in [3.8, 4) is 0 Å². The number of carbonyl (C=O) groups is 1. The van der Waals surface area contributed by atoms with Crippen molar-refractivity contribution in [2.75, 3.05) is 25.7 Å². The van der Waals surface area contributed by atoms with Gasteiger partial charge in [0.05, 0.1) is 19.1 Å². The van der Waals surface area contributed by atoms with Gasteiger partial charge < -0.3 is 14.5 Å². The Morgan fingerprint density at radius 3 is 2.82 bits per heavy atom. The minimum absolute atomic E-state index is 0.0540. The van der Waals surface area contributed by atoms with Gasteiger partial charge in [0.25, 0.3) is 0 Å². The van der Waals surface area contributed by atoms with E-state index in [2.05, 4.69) is 10.1 Å². The fraction of sp³-hybridized carbons (Fsp3) is 0.500. The average Bonchev–Trinajstić information content (AvgIpc) is 2.70. The molecule has 0 aliphatic carbocycles. The van der Waals surface area contributed by atoms with Crippen molar-refractivity contribution in [1.29, 1.82) is 0 Å². The van der Waals surface area contributed by atoms with E-state index in [1.807, 2.05) is 0 Å². The molecular weight excluding hydrogens is 246 g/mol. The van der Waals surface area contributed by atoms with Crippen LogP contribution in [0.25, 0.3) is 0 Å². The second kappa shape index (κ2) is 5.83. The Hall–Kier alpha value is -1.34. The van der Waals surface area contributed by atoms with Gasteiger partial charge in [-0.15, -0.1) is 0 Å². The summed E-state index contributed by atoms with van der Waals surface area (Å²) in [6.45, 7) is 0.682. The Bertz CT molecular complexity index is 477. The smallest absolute Gasteiger partial charge is 0.374 e. The minimum atomic E-state index is -2.97. The van der Waals surface area contributed by atoms with Crippen molar-refractivity contribution < 1.29 is 22.4 Å². The van der Waals surface area contributed by atoms with Crippen molar-refractivity contribution in [2.45, 2.75) is 6.54 Å². The first-order valence-corrected chi connectivity index (χ1v) is 7.03. The summed E-state index contributed by atoms with van der Waals surface area (Å²) in [6, 6.07) is 1.64. The fourth-order valence-electron chi connectivity index (χ4n) is 1.23. The summed E-state index contributed by atoms with van der Waals surface area (Å²) >= 11 is 0. The summed E-state index contributed by atoms with van der Waals surface area (Å²) in [4.78, 5) is 11.2. The first-order valence-electron chi connectivity index (χ1n) is 4.97. The normalized spacial score (nSPS) is 11.4. The molecule has 0 saturated heterocycles. The molecule has 17 heavy (non-hydrogen) atoms. The van der Waals surface area contributed by atoms with Crippen LogP contribution in [0.15, 0.2) is 16.7 Å². The molecule has 0 amide bonds. The molecule has 0 fully saturated rings. The van der Waals surface area contributed by atoms with Gasteiger partial charge in [0.1, 0.15) is 9.84 Å². The van der Waals surface area contributed by atoms with Crippen LogP contribution in [0.4, 0.5) is 0 Å². The summed E-state index contributed by atoms with van der Waals surface area (Å²) in [5, 5.41) is 2.92. The summed E-state index contributed by atoms with van der Waals surface area (Å²) in [5.74, 6) is -0.354. The number of nitrogens with one attached hydrogen (secondary N) is 1. The molecule has 0 saturated carbocycles. The lowest BCUT2D eigenvalue weighted by molar-refractivity contribution is 0.0563. The highest BCUT2D eigenvalue weighted by Gasteiger charge is 2.15. The molecule has 0 aliphatic rings. The molecule has 96 valence electrons. The third-order valence-corrected chi connectivity index (χ3v) is 3.03. The van der Waals surface area contributed by atoms with E-state index < -0.39 is 15.8 Å². The van der Waals surface area contributed by atoms with Crippen LogP contribution in [0.5, 0.6) is 0 Å². The van der Waals surface area contributed by atoms with E-state index in [9.17, 15) is 13.2 Å². The SMILES string of the molecule is COC(=O)c1occc1CNCCS(C)(=O)=O. The van der Waals surface area contributed by atoms with E-state index in [1.165, 1.54) is 19.6 Å². The van der Waals surface area contributed by atoms with E-state index in [-0.39, 0.29) is 11.5 Å². The Morgan fingerprint density at radius 1 is 1.53 bits per heavy atom. The third-order valence-electron chi connectivity index (χ3n) is 2.08. The van der Waals surface area contributed by atoms with Crippen LogP contribution in [0.1, 0.15) is 16.1 Å². The minimum Gasteiger partial charge on any atom is -0.463 e. The van der Waals surface area contributed by atoms with Gasteiger partial charge in [-0.1, -0.05) is 0 Å². The van der Waals surface area contributed by atoms with E-state index in [0.29, 0.717) is 18.7 Å². The van der Waals surface area contributed by atoms with Crippen LogP contribution in [-0.4, -0.2) is 40.1 Å². The molecule has 0 unspecified atom stereocenters. The summed E-state index contributed by atoms with van der Waals surface area (Å²) in [6.07, 6.45) is 2.56. The number of rotatable bonds is 6. The van der Waals surface area contributed by atoms with Crippen LogP contribution < -0.4 is 5.32 Å². The number of furan rings is 1. The molecule has 0 aromatic carbocycles. The molecule has 1 heterocycles. The molecule has 1 N–H and O–H groups in total. The standard InChI is InChI=1S/C10H15NO5S/c1-15-10(12)9-8(3-5-16-9)7-11-4-6-17(2,13)14/h3,5,11H,4,6-7H2,1-2H3. The van der Waals surface area contributed by atoms with Crippen LogP contribution in [0, 0.1) is 0 Å². The summed E-state index contributed by atoms with van der Waals surface area (Å²) < 4.78 is 31.3. The van der Waals surface area contributed by atoms with Crippen LogP contribution in [-0.2, 0) is 21.1 Å². The number of hydrogen-bond acceptors (Lipinski definition) is 6. The lowest BCUT2D eigenvalue weighted by atomic mass is 10.2. The van der Waals surface area contributed by atoms with Crippen molar-refractivity contribution in [1.82, 2.24) is 5.32 Å². The highest BCUT2D eigenvalue weighted by Crippen LogP contribution is 2.11. The number of sulfone groups is 1. The number of ether oxygens (including phenoxy) is 1. The second-order valence-corrected chi connectivity index (χ2v) is 5.83. The van der Waals surface area contributed by atoms with Gasteiger partial charge in [-0.05, 0) is 6.07 Å². The highest BCUT2D eigenvalue weighted by atomic mass is 32.2. The quantitative estimate of drug-likeness (QED) is 0.581. The fourth-order valence-corrected chi connectivity index (χ4v) is 1.74. The molecule has 0 spiro atoms. The first-order chi connectivity index (χ1) is 7.94. The van der Waals surface area contributed by atoms with Crippen LogP contribution >= 0.6 is 0 Å². The molecule has 0 aliphatic heterocycles. The van der Waals surface area contributed by atoms with Gasteiger partial charge in [0, 0.05) is 24.9 Å². The van der Waals surface area contributed by atoms with Crippen molar-refractivity contribution in [2.24, 2.45) is 0 Å². The maximum Gasteiger partial charge on any atom is 0.374 e. The van der Waals surface area contributed by atoms with Gasteiger partial charge in [-0.25, -0.2) is 13.2 Å². The monoisotopic (exact) mass is 261 g/mol. The first kappa shape index (κ1) is 13.7. The molecule has 7 heteroatoms. The third kappa shape index (κ3) is 4.58. The molecule has 0 atom stereocenters.